The largest absolute Gasteiger partial charge is 0.379 e. The van der Waals surface area contributed by atoms with Gasteiger partial charge in [-0.1, -0.05) is 0 Å². The molecule has 1 saturated heterocycles. The lowest BCUT2D eigenvalue weighted by Crippen LogP contribution is -2.46. The number of nitrogens with one attached hydrogen (secondary N) is 2. The van der Waals surface area contributed by atoms with Crippen molar-refractivity contribution in [2.45, 2.75) is 63.6 Å². The second-order valence-corrected chi connectivity index (χ2v) is 10.4. The van der Waals surface area contributed by atoms with E-state index in [1.807, 2.05) is 0 Å². The molecule has 0 unspecified atom stereocenters. The second-order valence-electron chi connectivity index (χ2n) is 9.34. The van der Waals surface area contributed by atoms with Crippen molar-refractivity contribution in [3.63, 3.8) is 0 Å². The fraction of sp³-hybridized carbons (Fsp3) is 0.609. The summed E-state index contributed by atoms with van der Waals surface area (Å²) in [7, 11) is 0. The van der Waals surface area contributed by atoms with Crippen molar-refractivity contribution in [2.75, 3.05) is 36.9 Å². The summed E-state index contributed by atoms with van der Waals surface area (Å²) in [6.07, 6.45) is 10.5. The van der Waals surface area contributed by atoms with Crippen molar-refractivity contribution in [3.05, 3.63) is 22.8 Å². The van der Waals surface area contributed by atoms with E-state index in [1.54, 1.807) is 11.3 Å². The smallest absolute Gasteiger partial charge is 0.333 e. The Morgan fingerprint density at radius 2 is 1.91 bits per heavy atom. The third-order valence-corrected chi connectivity index (χ3v) is 8.41. The molecule has 0 amide bonds. The Bertz CT molecular complexity index is 1150. The van der Waals surface area contributed by atoms with Crippen LogP contribution in [-0.2, 0) is 17.6 Å². The number of nitrogens with zero attached hydrogens (tertiary/aromatic N) is 5. The van der Waals surface area contributed by atoms with E-state index >= 15 is 0 Å². The molecule has 34 heavy (non-hydrogen) atoms. The maximum absolute atomic E-state index is 12.9. The first-order chi connectivity index (χ1) is 16.6. The molecular weight excluding hydrogens is 460 g/mol. The van der Waals surface area contributed by atoms with Crippen LogP contribution in [0.1, 0.15) is 49.1 Å². The number of ether oxygens (including phenoxy) is 1. The number of halogens is 2. The maximum Gasteiger partial charge on any atom is 0.333 e. The first-order valence-corrected chi connectivity index (χ1v) is 13.0. The van der Waals surface area contributed by atoms with Gasteiger partial charge in [-0.05, 0) is 50.5 Å². The predicted octanol–water partition coefficient (Wildman–Crippen LogP) is 4.57. The number of rotatable bonds is 6. The molecule has 0 radical (unpaired) electrons. The van der Waals surface area contributed by atoms with Gasteiger partial charge in [0.25, 0.3) is 0 Å². The quantitative estimate of drug-likeness (QED) is 0.525. The van der Waals surface area contributed by atoms with Crippen LogP contribution in [0.15, 0.2) is 12.4 Å². The van der Waals surface area contributed by atoms with Crippen LogP contribution < -0.4 is 10.6 Å². The zero-order valence-electron chi connectivity index (χ0n) is 19.0. The van der Waals surface area contributed by atoms with Gasteiger partial charge in [-0.3, -0.25) is 4.90 Å². The van der Waals surface area contributed by atoms with Gasteiger partial charge in [-0.2, -0.15) is 18.9 Å². The summed E-state index contributed by atoms with van der Waals surface area (Å²) < 4.78 is 32.0. The molecule has 182 valence electrons. The Kier molecular flexibility index (Phi) is 6.08. The number of morpholine rings is 1. The van der Waals surface area contributed by atoms with Crippen LogP contribution >= 0.6 is 11.3 Å². The molecule has 4 heterocycles. The second kappa shape index (κ2) is 9.35. The number of anilines is 3. The number of hydrogen-bond acceptors (Lipinski definition) is 8. The van der Waals surface area contributed by atoms with Gasteiger partial charge in [0.15, 0.2) is 0 Å². The molecule has 0 aromatic carbocycles. The molecule has 6 rings (SSSR count). The molecule has 3 aliphatic rings. The first-order valence-electron chi connectivity index (χ1n) is 12.1. The number of aryl methyl sites for hydroxylation is 2. The van der Waals surface area contributed by atoms with Gasteiger partial charge in [0.05, 0.1) is 36.7 Å². The summed E-state index contributed by atoms with van der Waals surface area (Å²) in [5.74, 6) is 1.27. The normalized spacial score (nSPS) is 23.5. The Morgan fingerprint density at radius 1 is 1.09 bits per heavy atom. The fourth-order valence-corrected chi connectivity index (χ4v) is 6.78. The fourth-order valence-electron chi connectivity index (χ4n) is 5.52. The molecular formula is C23H29F2N7OS. The highest BCUT2D eigenvalue weighted by atomic mass is 32.1. The number of hydrogen-bond donors (Lipinski definition) is 2. The first kappa shape index (κ1) is 22.1. The van der Waals surface area contributed by atoms with Crippen LogP contribution in [0.5, 0.6) is 0 Å². The van der Waals surface area contributed by atoms with E-state index in [2.05, 4.69) is 20.6 Å². The van der Waals surface area contributed by atoms with Gasteiger partial charge in [0.1, 0.15) is 10.6 Å². The number of alkyl halides is 2. The summed E-state index contributed by atoms with van der Waals surface area (Å²) >= 11 is 1.73. The van der Waals surface area contributed by atoms with Gasteiger partial charge >= 0.3 is 6.55 Å². The van der Waals surface area contributed by atoms with Crippen LogP contribution in [0.25, 0.3) is 10.2 Å². The van der Waals surface area contributed by atoms with Crippen molar-refractivity contribution in [1.82, 2.24) is 24.6 Å². The molecule has 8 nitrogen and oxygen atoms in total. The minimum atomic E-state index is -2.68. The van der Waals surface area contributed by atoms with Crippen molar-refractivity contribution in [2.24, 2.45) is 0 Å². The lowest BCUT2D eigenvalue weighted by Gasteiger charge is -2.39. The summed E-state index contributed by atoms with van der Waals surface area (Å²) in [5, 5.41) is 11.7. The highest BCUT2D eigenvalue weighted by molar-refractivity contribution is 7.19. The SMILES string of the molecule is FC(F)n1cc(Nc2nc(N[C@H]3CC[C@H](N4CCOCC4)CC3)c3c4c(sc3n2)CCC4)cn1. The highest BCUT2D eigenvalue weighted by Gasteiger charge is 2.29. The maximum atomic E-state index is 12.9. The highest BCUT2D eigenvalue weighted by Crippen LogP contribution is 2.41. The Hall–Kier alpha value is -2.37. The van der Waals surface area contributed by atoms with Gasteiger partial charge in [-0.15, -0.1) is 11.3 Å². The van der Waals surface area contributed by atoms with E-state index in [9.17, 15) is 8.78 Å². The third-order valence-electron chi connectivity index (χ3n) is 7.22. The third kappa shape index (κ3) is 4.36. The van der Waals surface area contributed by atoms with E-state index in [0.717, 1.165) is 68.0 Å². The molecule has 1 saturated carbocycles. The Balaban J connectivity index is 1.23. The lowest BCUT2D eigenvalue weighted by atomic mass is 9.90. The van der Waals surface area contributed by atoms with Crippen LogP contribution in [-0.4, -0.2) is 63.0 Å². The molecule has 2 N–H and O–H groups in total. The summed E-state index contributed by atoms with van der Waals surface area (Å²) in [6, 6.07) is 1.00. The predicted molar refractivity (Wildman–Crippen MR) is 128 cm³/mol. The van der Waals surface area contributed by atoms with E-state index in [0.29, 0.717) is 28.4 Å². The van der Waals surface area contributed by atoms with E-state index in [1.165, 1.54) is 42.1 Å². The molecule has 0 bridgehead atoms. The molecule has 11 heteroatoms. The zero-order valence-corrected chi connectivity index (χ0v) is 19.8. The standard InChI is InChI=1S/C23H29F2N7OS/c24-22(25)32-13-15(12-26-32)28-23-29-20(19-17-2-1-3-18(17)34-21(19)30-23)27-14-4-6-16(7-5-14)31-8-10-33-11-9-31/h12-14,16,22H,1-11H2,(H2,27,28,29,30)/t14-,16-. The van der Waals surface area contributed by atoms with Gasteiger partial charge in [0.2, 0.25) is 5.95 Å². The molecule has 0 spiro atoms. The van der Waals surface area contributed by atoms with Crippen LogP contribution in [0, 0.1) is 0 Å². The molecule has 3 aromatic rings. The number of aromatic nitrogens is 4. The monoisotopic (exact) mass is 489 g/mol. The van der Waals surface area contributed by atoms with Crippen LogP contribution in [0.2, 0.25) is 0 Å². The van der Waals surface area contributed by atoms with Gasteiger partial charge in [-0.25, -0.2) is 9.67 Å². The van der Waals surface area contributed by atoms with Crippen molar-refractivity contribution in [1.29, 1.82) is 0 Å². The molecule has 1 aliphatic heterocycles. The lowest BCUT2D eigenvalue weighted by molar-refractivity contribution is 0.00791. The summed E-state index contributed by atoms with van der Waals surface area (Å²) in [5.41, 5.74) is 1.82. The van der Waals surface area contributed by atoms with E-state index < -0.39 is 6.55 Å². The number of thiophene rings is 1. The average Bonchev–Trinajstić information content (AvgIpc) is 3.57. The average molecular weight is 490 g/mol. The summed E-state index contributed by atoms with van der Waals surface area (Å²) in [6.45, 7) is 1.07. The van der Waals surface area contributed by atoms with Gasteiger partial charge < -0.3 is 15.4 Å². The van der Waals surface area contributed by atoms with Gasteiger partial charge in [0, 0.05) is 30.1 Å². The van der Waals surface area contributed by atoms with Crippen molar-refractivity contribution in [3.8, 4) is 0 Å². The molecule has 0 atom stereocenters. The zero-order chi connectivity index (χ0) is 23.1. The number of fused-ring (bicyclic) bond motifs is 3. The van der Waals surface area contributed by atoms with Crippen LogP contribution in [0.4, 0.5) is 26.2 Å². The van der Waals surface area contributed by atoms with Crippen molar-refractivity contribution < 1.29 is 13.5 Å². The Morgan fingerprint density at radius 3 is 2.68 bits per heavy atom. The molecule has 2 fully saturated rings. The minimum Gasteiger partial charge on any atom is -0.379 e. The van der Waals surface area contributed by atoms with E-state index in [4.69, 9.17) is 14.7 Å². The minimum absolute atomic E-state index is 0.363. The molecule has 3 aromatic heterocycles. The van der Waals surface area contributed by atoms with E-state index in [-0.39, 0.29) is 0 Å². The van der Waals surface area contributed by atoms with Crippen molar-refractivity contribution >= 4 is 39.0 Å². The van der Waals surface area contributed by atoms with Crippen LogP contribution in [0.3, 0.4) is 0 Å². The topological polar surface area (TPSA) is 80.1 Å². The molecule has 2 aliphatic carbocycles. The Labute approximate surface area is 200 Å². The summed E-state index contributed by atoms with van der Waals surface area (Å²) in [4.78, 5) is 14.5.